The Morgan fingerprint density at radius 3 is 2.63 bits per heavy atom. The summed E-state index contributed by atoms with van der Waals surface area (Å²) in [5, 5.41) is 0.259. The van der Waals surface area contributed by atoms with Crippen molar-refractivity contribution in [1.82, 2.24) is 4.90 Å². The smallest absolute Gasteiger partial charge is 0.316 e. The molecule has 27 heavy (non-hydrogen) atoms. The Bertz CT molecular complexity index is 915. The minimum absolute atomic E-state index is 0.199. The van der Waals surface area contributed by atoms with Crippen LogP contribution in [0.4, 0.5) is 10.1 Å². The first-order valence-electron chi connectivity index (χ1n) is 9.20. The second kappa shape index (κ2) is 7.31. The third-order valence-electron chi connectivity index (χ3n) is 5.35. The van der Waals surface area contributed by atoms with Crippen molar-refractivity contribution in [3.8, 4) is 0 Å². The predicted molar refractivity (Wildman–Crippen MR) is 102 cm³/mol. The maximum atomic E-state index is 13.2. The molecule has 1 saturated heterocycles. The number of hydrogen-bond acceptors (Lipinski definition) is 2. The fourth-order valence-corrected chi connectivity index (χ4v) is 4.15. The monoisotopic (exact) mass is 386 g/mol. The highest BCUT2D eigenvalue weighted by molar-refractivity contribution is 6.41. The molecular weight excluding hydrogens is 367 g/mol. The van der Waals surface area contributed by atoms with Gasteiger partial charge in [-0.15, -0.1) is 0 Å². The standard InChI is InChI=1S/C21H20ClFN2O2/c22-18-12-16(23)9-8-15(18)13-24-10-11-25(21(27)20(24)26)19-7-3-5-14-4-1-2-6-17(14)19/h3,5,7-9,12H,1-2,4,6,10-11,13H2. The maximum absolute atomic E-state index is 13.2. The van der Waals surface area contributed by atoms with E-state index in [0.29, 0.717) is 18.7 Å². The summed E-state index contributed by atoms with van der Waals surface area (Å²) in [4.78, 5) is 28.6. The fraction of sp³-hybridized carbons (Fsp3) is 0.333. The summed E-state index contributed by atoms with van der Waals surface area (Å²) in [5.74, 6) is -1.49. The van der Waals surface area contributed by atoms with Gasteiger partial charge in [0.1, 0.15) is 5.82 Å². The number of fused-ring (bicyclic) bond motifs is 1. The molecule has 2 aromatic rings. The lowest BCUT2D eigenvalue weighted by Crippen LogP contribution is -2.54. The van der Waals surface area contributed by atoms with Gasteiger partial charge in [0, 0.05) is 30.3 Å². The summed E-state index contributed by atoms with van der Waals surface area (Å²) in [6.07, 6.45) is 4.23. The zero-order valence-electron chi connectivity index (χ0n) is 14.9. The highest BCUT2D eigenvalue weighted by atomic mass is 35.5. The zero-order valence-corrected chi connectivity index (χ0v) is 15.6. The Balaban J connectivity index is 1.55. The van der Waals surface area contributed by atoms with Gasteiger partial charge in [-0.3, -0.25) is 9.59 Å². The van der Waals surface area contributed by atoms with Crippen LogP contribution in [-0.4, -0.2) is 29.8 Å². The maximum Gasteiger partial charge on any atom is 0.316 e. The summed E-state index contributed by atoms with van der Waals surface area (Å²) in [5.41, 5.74) is 3.97. The number of carbonyl (C=O) groups is 2. The molecule has 2 amide bonds. The van der Waals surface area contributed by atoms with Crippen molar-refractivity contribution in [3.05, 3.63) is 63.9 Å². The minimum Gasteiger partial charge on any atom is -0.328 e. The number of carbonyl (C=O) groups excluding carboxylic acids is 2. The topological polar surface area (TPSA) is 40.6 Å². The van der Waals surface area contributed by atoms with Crippen molar-refractivity contribution < 1.29 is 14.0 Å². The molecule has 0 N–H and O–H groups in total. The van der Waals surface area contributed by atoms with Gasteiger partial charge in [0.2, 0.25) is 0 Å². The molecule has 1 heterocycles. The van der Waals surface area contributed by atoms with Gasteiger partial charge in [-0.25, -0.2) is 4.39 Å². The number of piperazine rings is 1. The Morgan fingerprint density at radius 1 is 1.00 bits per heavy atom. The molecule has 1 aliphatic heterocycles. The van der Waals surface area contributed by atoms with E-state index < -0.39 is 17.6 Å². The molecule has 0 saturated carbocycles. The van der Waals surface area contributed by atoms with Gasteiger partial charge in [0.15, 0.2) is 0 Å². The summed E-state index contributed by atoms with van der Waals surface area (Å²) in [6, 6.07) is 10.1. The van der Waals surface area contributed by atoms with Gasteiger partial charge in [0.25, 0.3) is 0 Å². The van der Waals surface area contributed by atoms with E-state index in [4.69, 9.17) is 11.6 Å². The minimum atomic E-state index is -0.546. The van der Waals surface area contributed by atoms with Gasteiger partial charge in [-0.2, -0.15) is 0 Å². The Kier molecular flexibility index (Phi) is 4.87. The highest BCUT2D eigenvalue weighted by Crippen LogP contribution is 2.32. The van der Waals surface area contributed by atoms with Crippen molar-refractivity contribution in [2.24, 2.45) is 0 Å². The molecule has 6 heteroatoms. The average molecular weight is 387 g/mol. The van der Waals surface area contributed by atoms with Crippen LogP contribution < -0.4 is 4.90 Å². The van der Waals surface area contributed by atoms with E-state index in [2.05, 4.69) is 6.07 Å². The van der Waals surface area contributed by atoms with Gasteiger partial charge in [-0.1, -0.05) is 29.8 Å². The number of benzene rings is 2. The van der Waals surface area contributed by atoms with E-state index in [-0.39, 0.29) is 11.6 Å². The number of rotatable bonds is 3. The molecule has 1 aliphatic carbocycles. The quantitative estimate of drug-likeness (QED) is 0.754. The number of anilines is 1. The molecule has 2 aliphatic rings. The van der Waals surface area contributed by atoms with Gasteiger partial charge in [0.05, 0.1) is 0 Å². The number of halogens is 2. The van der Waals surface area contributed by atoms with Crippen LogP contribution in [-0.2, 0) is 29.0 Å². The van der Waals surface area contributed by atoms with E-state index in [1.165, 1.54) is 28.2 Å². The summed E-state index contributed by atoms with van der Waals surface area (Å²) >= 11 is 6.06. The molecule has 0 bridgehead atoms. The van der Waals surface area contributed by atoms with Crippen LogP contribution in [0.5, 0.6) is 0 Å². The first-order chi connectivity index (χ1) is 13.0. The van der Waals surface area contributed by atoms with Gasteiger partial charge in [-0.05, 0) is 60.6 Å². The normalized spacial score (nSPS) is 17.3. The SMILES string of the molecule is O=C1C(=O)N(c2cccc3c2CCCC3)CCN1Cc1ccc(F)cc1Cl. The van der Waals surface area contributed by atoms with Crippen molar-refractivity contribution in [2.45, 2.75) is 32.2 Å². The summed E-state index contributed by atoms with van der Waals surface area (Å²) < 4.78 is 13.2. The largest absolute Gasteiger partial charge is 0.328 e. The van der Waals surface area contributed by atoms with Crippen LogP contribution in [0.1, 0.15) is 29.5 Å². The number of hydrogen-bond donors (Lipinski definition) is 0. The van der Waals surface area contributed by atoms with Crippen molar-refractivity contribution >= 4 is 29.1 Å². The lowest BCUT2D eigenvalue weighted by atomic mass is 9.90. The summed E-state index contributed by atoms with van der Waals surface area (Å²) in [7, 11) is 0. The second-order valence-corrected chi connectivity index (χ2v) is 7.45. The molecule has 0 aromatic heterocycles. The molecular formula is C21H20ClFN2O2. The van der Waals surface area contributed by atoms with Crippen LogP contribution in [0.3, 0.4) is 0 Å². The second-order valence-electron chi connectivity index (χ2n) is 7.04. The van der Waals surface area contributed by atoms with E-state index in [9.17, 15) is 14.0 Å². The lowest BCUT2D eigenvalue weighted by molar-refractivity contribution is -0.146. The van der Waals surface area contributed by atoms with E-state index in [1.807, 2.05) is 12.1 Å². The third-order valence-corrected chi connectivity index (χ3v) is 5.70. The average Bonchev–Trinajstić information content (AvgIpc) is 2.67. The molecule has 0 atom stereocenters. The van der Waals surface area contributed by atoms with E-state index >= 15 is 0 Å². The highest BCUT2D eigenvalue weighted by Gasteiger charge is 2.35. The molecule has 2 aromatic carbocycles. The molecule has 4 rings (SSSR count). The first kappa shape index (κ1) is 18.0. The molecule has 0 unspecified atom stereocenters. The van der Waals surface area contributed by atoms with Crippen molar-refractivity contribution in [2.75, 3.05) is 18.0 Å². The molecule has 4 nitrogen and oxygen atoms in total. The van der Waals surface area contributed by atoms with Gasteiger partial charge < -0.3 is 9.80 Å². The Hall–Kier alpha value is -2.40. The van der Waals surface area contributed by atoms with Crippen molar-refractivity contribution in [1.29, 1.82) is 0 Å². The lowest BCUT2D eigenvalue weighted by Gasteiger charge is -2.35. The number of nitrogens with zero attached hydrogens (tertiary/aromatic N) is 2. The van der Waals surface area contributed by atoms with Gasteiger partial charge >= 0.3 is 11.8 Å². The van der Waals surface area contributed by atoms with E-state index in [1.54, 1.807) is 11.0 Å². The predicted octanol–water partition coefficient (Wildman–Crippen LogP) is 3.73. The molecule has 140 valence electrons. The first-order valence-corrected chi connectivity index (χ1v) is 9.58. The molecule has 0 spiro atoms. The molecule has 1 fully saturated rings. The summed E-state index contributed by atoms with van der Waals surface area (Å²) in [6.45, 7) is 1.06. The molecule has 0 radical (unpaired) electrons. The number of aryl methyl sites for hydroxylation is 1. The van der Waals surface area contributed by atoms with E-state index in [0.717, 1.165) is 31.4 Å². The van der Waals surface area contributed by atoms with Crippen LogP contribution in [0.2, 0.25) is 5.02 Å². The van der Waals surface area contributed by atoms with Crippen LogP contribution in [0.25, 0.3) is 0 Å². The van der Waals surface area contributed by atoms with Crippen molar-refractivity contribution in [3.63, 3.8) is 0 Å². The van der Waals surface area contributed by atoms with Crippen LogP contribution in [0.15, 0.2) is 36.4 Å². The van der Waals surface area contributed by atoms with Crippen LogP contribution >= 0.6 is 11.6 Å². The third kappa shape index (κ3) is 3.44. The zero-order chi connectivity index (χ0) is 19.0. The Morgan fingerprint density at radius 2 is 1.81 bits per heavy atom. The fourth-order valence-electron chi connectivity index (χ4n) is 3.92. The Labute approximate surface area is 162 Å². The number of amides is 2. The van der Waals surface area contributed by atoms with Crippen LogP contribution in [0, 0.1) is 5.82 Å².